The van der Waals surface area contributed by atoms with Crippen molar-refractivity contribution >= 4 is 5.91 Å². The van der Waals surface area contributed by atoms with Gasteiger partial charge in [-0.15, -0.1) is 0 Å². The summed E-state index contributed by atoms with van der Waals surface area (Å²) in [5.41, 5.74) is 6.60. The number of carbonyl (C=O) groups excluding carboxylic acids is 1. The van der Waals surface area contributed by atoms with E-state index in [1.54, 1.807) is 12.0 Å². The monoisotopic (exact) mass is 252 g/mol. The molecule has 0 bridgehead atoms. The van der Waals surface area contributed by atoms with Gasteiger partial charge in [0.05, 0.1) is 19.2 Å². The first-order valence-electron chi connectivity index (χ1n) is 6.59. The normalized spacial score (nSPS) is 20.9. The molecule has 1 rings (SSSR count). The molecule has 1 heterocycles. The second-order valence-corrected chi connectivity index (χ2v) is 4.65. The fourth-order valence-corrected chi connectivity index (χ4v) is 2.31. The molecule has 1 aliphatic rings. The van der Waals surface area contributed by atoms with E-state index in [9.17, 15) is 4.79 Å². The molecule has 2 atom stereocenters. The molecule has 0 radical (unpaired) electrons. The number of methoxy groups -OCH3 is 1. The van der Waals surface area contributed by atoms with Crippen LogP contribution in [0.5, 0.6) is 0 Å². The van der Waals surface area contributed by atoms with E-state index in [2.05, 4.69) is 13.5 Å². The first kappa shape index (κ1) is 14.8. The van der Waals surface area contributed by atoms with Gasteiger partial charge in [0.25, 0.3) is 0 Å². The minimum absolute atomic E-state index is 0.0390. The minimum atomic E-state index is -0.448. The van der Waals surface area contributed by atoms with Gasteiger partial charge in [0, 0.05) is 11.8 Å². The van der Waals surface area contributed by atoms with E-state index in [4.69, 9.17) is 10.5 Å². The van der Waals surface area contributed by atoms with Crippen molar-refractivity contribution in [3.8, 4) is 0 Å². The van der Waals surface area contributed by atoms with Gasteiger partial charge >= 0.3 is 0 Å². The lowest BCUT2D eigenvalue weighted by Gasteiger charge is -2.29. The molecule has 0 fully saturated rings. The van der Waals surface area contributed by atoms with Crippen LogP contribution in [0.4, 0.5) is 0 Å². The summed E-state index contributed by atoms with van der Waals surface area (Å²) in [6.45, 7) is 8.03. The number of nitrogens with zero attached hydrogens (tertiary/aromatic N) is 1. The maximum Gasteiger partial charge on any atom is 0.244 e. The Kier molecular flexibility index (Phi) is 5.41. The Bertz CT molecular complexity index is 350. The van der Waals surface area contributed by atoms with Crippen molar-refractivity contribution < 1.29 is 9.53 Å². The van der Waals surface area contributed by atoms with Crippen LogP contribution < -0.4 is 5.73 Å². The molecule has 102 valence electrons. The van der Waals surface area contributed by atoms with Crippen molar-refractivity contribution in [2.75, 3.05) is 7.11 Å². The summed E-state index contributed by atoms with van der Waals surface area (Å²) in [7, 11) is 1.63. The van der Waals surface area contributed by atoms with Crippen LogP contribution in [0.2, 0.25) is 0 Å². The third kappa shape index (κ3) is 2.93. The van der Waals surface area contributed by atoms with E-state index in [0.29, 0.717) is 12.1 Å². The zero-order valence-electron chi connectivity index (χ0n) is 11.6. The molecule has 0 aromatic carbocycles. The number of nitrogens with two attached hydrogens (primary N) is 1. The second-order valence-electron chi connectivity index (χ2n) is 4.65. The Labute approximate surface area is 109 Å². The zero-order valence-corrected chi connectivity index (χ0v) is 11.6. The summed E-state index contributed by atoms with van der Waals surface area (Å²) in [6, 6.07) is -0.487. The van der Waals surface area contributed by atoms with Gasteiger partial charge in [0.15, 0.2) is 0 Å². The molecule has 0 aromatic rings. The van der Waals surface area contributed by atoms with Crippen LogP contribution in [0.1, 0.15) is 39.5 Å². The molecule has 2 N–H and O–H groups in total. The van der Waals surface area contributed by atoms with Crippen molar-refractivity contribution in [3.63, 3.8) is 0 Å². The highest BCUT2D eigenvalue weighted by Crippen LogP contribution is 2.30. The van der Waals surface area contributed by atoms with Crippen molar-refractivity contribution in [2.24, 2.45) is 5.73 Å². The third-order valence-electron chi connectivity index (χ3n) is 3.21. The van der Waals surface area contributed by atoms with Gasteiger partial charge in [-0.1, -0.05) is 33.3 Å². The molecule has 4 heteroatoms. The van der Waals surface area contributed by atoms with Crippen LogP contribution in [0.25, 0.3) is 0 Å². The van der Waals surface area contributed by atoms with Gasteiger partial charge in [-0.2, -0.15) is 0 Å². The van der Waals surface area contributed by atoms with Gasteiger partial charge < -0.3 is 15.4 Å². The zero-order chi connectivity index (χ0) is 13.7. The minimum Gasteiger partial charge on any atom is -0.499 e. The van der Waals surface area contributed by atoms with E-state index in [1.165, 1.54) is 0 Å². The van der Waals surface area contributed by atoms with Crippen LogP contribution in [-0.4, -0.2) is 30.0 Å². The molecule has 4 nitrogen and oxygen atoms in total. The maximum atomic E-state index is 12.3. The standard InChI is InChI=1S/C14H24N2O2/c1-5-7-11(15)14(17)16-10(3)9-13(18-4)12(16)8-6-2/h9,11-12H,3,5-8,15H2,1-2,4H3/t11-,12+/m1/s1. The lowest BCUT2D eigenvalue weighted by molar-refractivity contribution is -0.132. The van der Waals surface area contributed by atoms with Crippen LogP contribution >= 0.6 is 0 Å². The average molecular weight is 252 g/mol. The Morgan fingerprint density at radius 2 is 2.22 bits per heavy atom. The highest BCUT2D eigenvalue weighted by molar-refractivity contribution is 5.85. The van der Waals surface area contributed by atoms with Gasteiger partial charge in [-0.3, -0.25) is 4.79 Å². The molecular formula is C14H24N2O2. The number of allylic oxidation sites excluding steroid dienone is 1. The van der Waals surface area contributed by atoms with E-state index in [-0.39, 0.29) is 11.9 Å². The number of carbonyl (C=O) groups is 1. The van der Waals surface area contributed by atoms with Crippen molar-refractivity contribution in [1.82, 2.24) is 4.90 Å². The predicted molar refractivity (Wildman–Crippen MR) is 72.7 cm³/mol. The molecule has 0 saturated heterocycles. The van der Waals surface area contributed by atoms with E-state index < -0.39 is 6.04 Å². The van der Waals surface area contributed by atoms with Crippen molar-refractivity contribution in [1.29, 1.82) is 0 Å². The van der Waals surface area contributed by atoms with Crippen LogP contribution in [0.15, 0.2) is 24.1 Å². The Morgan fingerprint density at radius 1 is 1.56 bits per heavy atom. The van der Waals surface area contributed by atoms with E-state index in [0.717, 1.165) is 25.0 Å². The number of hydrogen-bond acceptors (Lipinski definition) is 3. The molecule has 1 amide bonds. The molecule has 0 saturated carbocycles. The molecule has 0 unspecified atom stereocenters. The summed E-state index contributed by atoms with van der Waals surface area (Å²) < 4.78 is 5.33. The number of hydrogen-bond donors (Lipinski definition) is 1. The average Bonchev–Trinajstić information content (AvgIpc) is 2.65. The van der Waals surface area contributed by atoms with Crippen molar-refractivity contribution in [2.45, 2.75) is 51.6 Å². The number of ether oxygens (including phenoxy) is 1. The number of amides is 1. The fraction of sp³-hybridized carbons (Fsp3) is 0.643. The molecule has 0 aliphatic carbocycles. The van der Waals surface area contributed by atoms with Crippen LogP contribution in [0, 0.1) is 0 Å². The third-order valence-corrected chi connectivity index (χ3v) is 3.21. The lowest BCUT2D eigenvalue weighted by Crippen LogP contribution is -2.46. The SMILES string of the molecule is C=C1C=C(OC)[C@H](CCC)N1C(=O)[C@H](N)CCC. The summed E-state index contributed by atoms with van der Waals surface area (Å²) >= 11 is 0. The van der Waals surface area contributed by atoms with E-state index >= 15 is 0 Å². The Balaban J connectivity index is 2.86. The van der Waals surface area contributed by atoms with Gasteiger partial charge in [-0.25, -0.2) is 0 Å². The largest absolute Gasteiger partial charge is 0.499 e. The maximum absolute atomic E-state index is 12.3. The van der Waals surface area contributed by atoms with Crippen LogP contribution in [-0.2, 0) is 9.53 Å². The Morgan fingerprint density at radius 3 is 2.72 bits per heavy atom. The highest BCUT2D eigenvalue weighted by atomic mass is 16.5. The molecule has 0 aromatic heterocycles. The quantitative estimate of drug-likeness (QED) is 0.788. The van der Waals surface area contributed by atoms with Crippen LogP contribution in [0.3, 0.4) is 0 Å². The Hall–Kier alpha value is -1.29. The van der Waals surface area contributed by atoms with Gasteiger partial charge in [0.1, 0.15) is 5.76 Å². The fourth-order valence-electron chi connectivity index (χ4n) is 2.31. The lowest BCUT2D eigenvalue weighted by atomic mass is 10.1. The second kappa shape index (κ2) is 6.59. The highest BCUT2D eigenvalue weighted by Gasteiger charge is 2.35. The smallest absolute Gasteiger partial charge is 0.244 e. The first-order valence-corrected chi connectivity index (χ1v) is 6.59. The first-order chi connectivity index (χ1) is 8.56. The van der Waals surface area contributed by atoms with Gasteiger partial charge in [-0.05, 0) is 12.8 Å². The summed E-state index contributed by atoms with van der Waals surface area (Å²) in [5, 5.41) is 0. The molecular weight excluding hydrogens is 228 g/mol. The molecule has 1 aliphatic heterocycles. The molecule has 0 spiro atoms. The van der Waals surface area contributed by atoms with Crippen molar-refractivity contribution in [3.05, 3.63) is 24.1 Å². The predicted octanol–water partition coefficient (Wildman–Crippen LogP) is 2.17. The topological polar surface area (TPSA) is 55.6 Å². The summed E-state index contributed by atoms with van der Waals surface area (Å²) in [6.07, 6.45) is 5.27. The summed E-state index contributed by atoms with van der Waals surface area (Å²) in [4.78, 5) is 14.0. The van der Waals surface area contributed by atoms with E-state index in [1.807, 2.05) is 13.0 Å². The number of rotatable bonds is 6. The van der Waals surface area contributed by atoms with Gasteiger partial charge in [0.2, 0.25) is 5.91 Å². The summed E-state index contributed by atoms with van der Waals surface area (Å²) in [5.74, 6) is 0.752. The molecule has 18 heavy (non-hydrogen) atoms.